The van der Waals surface area contributed by atoms with Gasteiger partial charge in [0.15, 0.2) is 11.0 Å². The fourth-order valence-electron chi connectivity index (χ4n) is 2.31. The number of nitrogens with zero attached hydrogens (tertiary/aromatic N) is 1. The molecule has 0 aliphatic rings. The number of aromatic nitrogens is 1. The molecule has 0 amide bonds. The Hall–Kier alpha value is -2.48. The summed E-state index contributed by atoms with van der Waals surface area (Å²) in [6.45, 7) is 0. The van der Waals surface area contributed by atoms with Crippen molar-refractivity contribution in [1.29, 1.82) is 0 Å². The SMILES string of the molecule is c1ccc2c(c1)ccc1[o+]c3ccccc3nc12. The highest BCUT2D eigenvalue weighted by Gasteiger charge is 2.14. The largest absolute Gasteiger partial charge is 0.379 e. The highest BCUT2D eigenvalue weighted by Crippen LogP contribution is 2.26. The number of hydrogen-bond acceptors (Lipinski definition) is 1. The number of para-hydroxylation sites is 2. The number of benzene rings is 3. The molecule has 0 atom stereocenters. The molecule has 4 rings (SSSR count). The van der Waals surface area contributed by atoms with Crippen LogP contribution in [0.15, 0.2) is 65.1 Å². The quantitative estimate of drug-likeness (QED) is 0.255. The first kappa shape index (κ1) is 9.54. The third-order valence-electron chi connectivity index (χ3n) is 3.18. The summed E-state index contributed by atoms with van der Waals surface area (Å²) in [6.07, 6.45) is 0. The molecule has 0 saturated carbocycles. The Morgan fingerprint density at radius 2 is 1.56 bits per heavy atom. The highest BCUT2D eigenvalue weighted by atomic mass is 16.3. The van der Waals surface area contributed by atoms with Crippen molar-refractivity contribution < 1.29 is 4.42 Å². The van der Waals surface area contributed by atoms with Crippen LogP contribution in [-0.4, -0.2) is 4.98 Å². The second-order valence-corrected chi connectivity index (χ2v) is 4.32. The Kier molecular flexibility index (Phi) is 1.86. The van der Waals surface area contributed by atoms with E-state index in [1.165, 1.54) is 5.39 Å². The van der Waals surface area contributed by atoms with Crippen LogP contribution in [-0.2, 0) is 0 Å². The zero-order valence-electron chi connectivity index (χ0n) is 9.63. The van der Waals surface area contributed by atoms with Gasteiger partial charge in [0.05, 0.1) is 0 Å². The van der Waals surface area contributed by atoms with E-state index in [1.807, 2.05) is 42.5 Å². The first-order valence-corrected chi connectivity index (χ1v) is 5.92. The molecule has 2 heteroatoms. The predicted molar refractivity (Wildman–Crippen MR) is 73.4 cm³/mol. The van der Waals surface area contributed by atoms with Crippen LogP contribution in [0.4, 0.5) is 0 Å². The molecular formula is C16H10NO+. The highest BCUT2D eigenvalue weighted by molar-refractivity contribution is 6.04. The van der Waals surface area contributed by atoms with Gasteiger partial charge in [-0.2, -0.15) is 0 Å². The van der Waals surface area contributed by atoms with E-state index in [0.717, 1.165) is 27.6 Å². The normalized spacial score (nSPS) is 11.3. The number of fused-ring (bicyclic) bond motifs is 4. The van der Waals surface area contributed by atoms with Gasteiger partial charge in [-0.3, -0.25) is 0 Å². The third-order valence-corrected chi connectivity index (χ3v) is 3.18. The van der Waals surface area contributed by atoms with Crippen molar-refractivity contribution in [2.45, 2.75) is 0 Å². The van der Waals surface area contributed by atoms with Gasteiger partial charge in [0.25, 0.3) is 0 Å². The third kappa shape index (κ3) is 1.29. The van der Waals surface area contributed by atoms with Crippen LogP contribution in [0.2, 0.25) is 0 Å². The molecule has 0 N–H and O–H groups in total. The van der Waals surface area contributed by atoms with Crippen LogP contribution in [0.25, 0.3) is 33.0 Å². The van der Waals surface area contributed by atoms with Crippen LogP contribution in [0.3, 0.4) is 0 Å². The van der Waals surface area contributed by atoms with E-state index in [4.69, 9.17) is 9.40 Å². The molecule has 4 aromatic rings. The first-order valence-electron chi connectivity index (χ1n) is 5.92. The van der Waals surface area contributed by atoms with Crippen molar-refractivity contribution in [3.8, 4) is 0 Å². The minimum atomic E-state index is 0.820. The van der Waals surface area contributed by atoms with Crippen molar-refractivity contribution in [3.05, 3.63) is 60.7 Å². The number of hydrogen-bond donors (Lipinski definition) is 0. The average molecular weight is 232 g/mol. The Labute approximate surface area is 104 Å². The monoisotopic (exact) mass is 232 g/mol. The average Bonchev–Trinajstić information content (AvgIpc) is 2.45. The van der Waals surface area contributed by atoms with E-state index < -0.39 is 0 Å². The molecule has 2 nitrogen and oxygen atoms in total. The predicted octanol–water partition coefficient (Wildman–Crippen LogP) is 4.42. The topological polar surface area (TPSA) is 24.2 Å². The molecule has 1 aromatic heterocycles. The summed E-state index contributed by atoms with van der Waals surface area (Å²) in [7, 11) is 0. The van der Waals surface area contributed by atoms with Gasteiger partial charge in [0.1, 0.15) is 0 Å². The molecule has 1 heterocycles. The fraction of sp³-hybridized carbons (Fsp3) is 0. The van der Waals surface area contributed by atoms with E-state index >= 15 is 0 Å². The maximum atomic E-state index is 5.89. The van der Waals surface area contributed by atoms with Gasteiger partial charge < -0.3 is 0 Å². The summed E-state index contributed by atoms with van der Waals surface area (Å²) in [5.74, 6) is 0. The Morgan fingerprint density at radius 1 is 0.722 bits per heavy atom. The second-order valence-electron chi connectivity index (χ2n) is 4.32. The van der Waals surface area contributed by atoms with Gasteiger partial charge >= 0.3 is 11.2 Å². The van der Waals surface area contributed by atoms with Crippen LogP contribution >= 0.6 is 0 Å². The maximum absolute atomic E-state index is 5.89. The van der Waals surface area contributed by atoms with Crippen molar-refractivity contribution in [1.82, 2.24) is 4.98 Å². The van der Waals surface area contributed by atoms with Crippen molar-refractivity contribution in [2.75, 3.05) is 0 Å². The molecule has 0 radical (unpaired) electrons. The summed E-state index contributed by atoms with van der Waals surface area (Å²) < 4.78 is 5.89. The standard InChI is InChI=1S/C16H10NO/c1-2-6-12-11(5-1)9-10-15-16(12)17-13-7-3-4-8-14(13)18-15/h1-10H/q+1. The summed E-state index contributed by atoms with van der Waals surface area (Å²) >= 11 is 0. The van der Waals surface area contributed by atoms with E-state index in [1.54, 1.807) is 0 Å². The molecule has 0 unspecified atom stereocenters. The lowest BCUT2D eigenvalue weighted by atomic mass is 10.1. The summed E-state index contributed by atoms with van der Waals surface area (Å²) in [6, 6.07) is 20.1. The Balaban J connectivity index is 2.27. The molecule has 84 valence electrons. The Bertz CT molecular complexity index is 877. The van der Waals surface area contributed by atoms with Crippen molar-refractivity contribution >= 4 is 33.0 Å². The van der Waals surface area contributed by atoms with Crippen LogP contribution in [0.5, 0.6) is 0 Å². The van der Waals surface area contributed by atoms with Crippen LogP contribution in [0, 0.1) is 0 Å². The molecule has 0 bridgehead atoms. The molecule has 3 aromatic carbocycles. The molecular weight excluding hydrogens is 222 g/mol. The molecule has 0 aliphatic carbocycles. The molecule has 18 heavy (non-hydrogen) atoms. The molecule has 0 spiro atoms. The van der Waals surface area contributed by atoms with E-state index in [2.05, 4.69) is 18.2 Å². The lowest BCUT2D eigenvalue weighted by Gasteiger charge is -1.97. The lowest BCUT2D eigenvalue weighted by Crippen LogP contribution is -1.84. The summed E-state index contributed by atoms with van der Waals surface area (Å²) in [5, 5.41) is 2.31. The van der Waals surface area contributed by atoms with Gasteiger partial charge in [-0.1, -0.05) is 36.4 Å². The van der Waals surface area contributed by atoms with E-state index in [-0.39, 0.29) is 0 Å². The second kappa shape index (κ2) is 3.50. The molecule has 0 fully saturated rings. The zero-order valence-corrected chi connectivity index (χ0v) is 9.63. The smallest absolute Gasteiger partial charge is 0.228 e. The van der Waals surface area contributed by atoms with Crippen molar-refractivity contribution in [2.24, 2.45) is 0 Å². The van der Waals surface area contributed by atoms with Gasteiger partial charge in [0, 0.05) is 17.5 Å². The fourth-order valence-corrected chi connectivity index (χ4v) is 2.31. The van der Waals surface area contributed by atoms with E-state index in [9.17, 15) is 0 Å². The van der Waals surface area contributed by atoms with Gasteiger partial charge in [-0.15, -0.1) is 0 Å². The zero-order chi connectivity index (χ0) is 11.9. The first-order chi connectivity index (χ1) is 8.92. The molecule has 0 aliphatic heterocycles. The summed E-state index contributed by atoms with van der Waals surface area (Å²) in [5.41, 5.74) is 3.46. The molecule has 0 saturated heterocycles. The van der Waals surface area contributed by atoms with E-state index in [0.29, 0.717) is 0 Å². The van der Waals surface area contributed by atoms with Crippen LogP contribution in [0.1, 0.15) is 0 Å². The number of rotatable bonds is 0. The lowest BCUT2D eigenvalue weighted by molar-refractivity contribution is 0.657. The Morgan fingerprint density at radius 3 is 2.56 bits per heavy atom. The minimum Gasteiger partial charge on any atom is -0.228 e. The minimum absolute atomic E-state index is 0.820. The maximum Gasteiger partial charge on any atom is 0.379 e. The van der Waals surface area contributed by atoms with Gasteiger partial charge in [-0.05, 0) is 17.5 Å². The van der Waals surface area contributed by atoms with Crippen LogP contribution < -0.4 is 0 Å². The van der Waals surface area contributed by atoms with Gasteiger partial charge in [-0.25, -0.2) is 9.40 Å². The summed E-state index contributed by atoms with van der Waals surface area (Å²) in [4.78, 5) is 4.71. The van der Waals surface area contributed by atoms with Crippen molar-refractivity contribution in [3.63, 3.8) is 0 Å². The van der Waals surface area contributed by atoms with Gasteiger partial charge in [0.2, 0.25) is 0 Å².